The number of hydrogen-bond donors (Lipinski definition) is 2. The summed E-state index contributed by atoms with van der Waals surface area (Å²) in [7, 11) is 0. The van der Waals surface area contributed by atoms with E-state index >= 15 is 0 Å². The monoisotopic (exact) mass is 115 g/mol. The van der Waals surface area contributed by atoms with Crippen LogP contribution >= 0.6 is 0 Å². The van der Waals surface area contributed by atoms with E-state index in [1.165, 1.54) is 0 Å². The highest BCUT2D eigenvalue weighted by Crippen LogP contribution is 2.05. The Balaban J connectivity index is 3.53. The highest BCUT2D eigenvalue weighted by atomic mass is 16.3. The Morgan fingerprint density at radius 3 is 2.50 bits per heavy atom. The summed E-state index contributed by atoms with van der Waals surface area (Å²) in [4.78, 5) is 0. The number of hydrogen-bond acceptors (Lipinski definition) is 2. The van der Waals surface area contributed by atoms with E-state index in [9.17, 15) is 0 Å². The zero-order valence-electron chi connectivity index (χ0n) is 5.22. The van der Waals surface area contributed by atoms with Gasteiger partial charge in [-0.2, -0.15) is 0 Å². The molecule has 1 unspecified atom stereocenters. The van der Waals surface area contributed by atoms with E-state index < -0.39 is 5.72 Å². The zero-order valence-corrected chi connectivity index (χ0v) is 5.22. The average molecular weight is 115 g/mol. The van der Waals surface area contributed by atoms with Crippen molar-refractivity contribution in [3.63, 3.8) is 0 Å². The molecule has 48 valence electrons. The fourth-order valence-corrected chi connectivity index (χ4v) is 0.394. The minimum Gasteiger partial charge on any atom is -0.376 e. The van der Waals surface area contributed by atoms with Crippen molar-refractivity contribution in [2.45, 2.75) is 25.5 Å². The van der Waals surface area contributed by atoms with Gasteiger partial charge in [-0.25, -0.2) is 0 Å². The largest absolute Gasteiger partial charge is 0.376 e. The van der Waals surface area contributed by atoms with Gasteiger partial charge in [-0.15, -0.1) is 6.58 Å². The van der Waals surface area contributed by atoms with Crippen LogP contribution in [0.1, 0.15) is 19.8 Å². The SMILES string of the molecule is C=CCC(N)(O)CC. The molecule has 2 nitrogen and oxygen atoms in total. The Hall–Kier alpha value is -0.340. The average Bonchev–Trinajstić information content (AvgIpc) is 1.67. The van der Waals surface area contributed by atoms with Crippen LogP contribution in [0, 0.1) is 0 Å². The van der Waals surface area contributed by atoms with Crippen LogP contribution in [0.3, 0.4) is 0 Å². The molecule has 0 aliphatic heterocycles. The van der Waals surface area contributed by atoms with E-state index in [0.717, 1.165) is 0 Å². The number of nitrogens with two attached hydrogens (primary N) is 1. The van der Waals surface area contributed by atoms with Crippen LogP contribution in [0.2, 0.25) is 0 Å². The molecule has 0 aliphatic rings. The third-order valence-corrected chi connectivity index (χ3v) is 1.11. The topological polar surface area (TPSA) is 46.2 Å². The second-order valence-electron chi connectivity index (χ2n) is 1.95. The summed E-state index contributed by atoms with van der Waals surface area (Å²) < 4.78 is 0. The third-order valence-electron chi connectivity index (χ3n) is 1.11. The van der Waals surface area contributed by atoms with Crippen LogP contribution in [-0.4, -0.2) is 10.8 Å². The summed E-state index contributed by atoms with van der Waals surface area (Å²) in [6, 6.07) is 0. The first-order valence-electron chi connectivity index (χ1n) is 2.74. The molecule has 3 N–H and O–H groups in total. The first-order chi connectivity index (χ1) is 3.62. The van der Waals surface area contributed by atoms with Gasteiger partial charge in [0.2, 0.25) is 0 Å². The van der Waals surface area contributed by atoms with Gasteiger partial charge in [-0.1, -0.05) is 13.0 Å². The molecule has 0 amide bonds. The molecule has 0 saturated heterocycles. The van der Waals surface area contributed by atoms with Crippen molar-refractivity contribution in [3.8, 4) is 0 Å². The molecule has 0 fully saturated rings. The molecule has 0 spiro atoms. The molecule has 1 atom stereocenters. The number of aliphatic hydroxyl groups is 1. The van der Waals surface area contributed by atoms with Crippen molar-refractivity contribution in [1.29, 1.82) is 0 Å². The molecule has 0 aliphatic carbocycles. The van der Waals surface area contributed by atoms with Crippen molar-refractivity contribution in [1.82, 2.24) is 0 Å². The predicted molar refractivity (Wildman–Crippen MR) is 34.2 cm³/mol. The van der Waals surface area contributed by atoms with Crippen LogP contribution in [0.5, 0.6) is 0 Å². The minimum atomic E-state index is -1.03. The Morgan fingerprint density at radius 2 is 2.38 bits per heavy atom. The lowest BCUT2D eigenvalue weighted by Gasteiger charge is -2.17. The van der Waals surface area contributed by atoms with E-state index in [0.29, 0.717) is 12.8 Å². The van der Waals surface area contributed by atoms with E-state index in [1.807, 2.05) is 6.92 Å². The maximum Gasteiger partial charge on any atom is 0.116 e. The molecule has 0 radical (unpaired) electrons. The van der Waals surface area contributed by atoms with Crippen molar-refractivity contribution in [2.24, 2.45) is 5.73 Å². The molecule has 8 heavy (non-hydrogen) atoms. The lowest BCUT2D eigenvalue weighted by Crippen LogP contribution is -2.37. The van der Waals surface area contributed by atoms with Crippen LogP contribution in [0.25, 0.3) is 0 Å². The Labute approximate surface area is 50.0 Å². The van der Waals surface area contributed by atoms with Crippen molar-refractivity contribution >= 4 is 0 Å². The lowest BCUT2D eigenvalue weighted by atomic mass is 10.1. The predicted octanol–water partition coefficient (Wildman–Crippen LogP) is 0.620. The Bertz CT molecular complexity index is 78.6. The van der Waals surface area contributed by atoms with Gasteiger partial charge in [0.15, 0.2) is 0 Å². The van der Waals surface area contributed by atoms with Crippen LogP contribution < -0.4 is 5.73 Å². The summed E-state index contributed by atoms with van der Waals surface area (Å²) >= 11 is 0. The van der Waals surface area contributed by atoms with Gasteiger partial charge in [0, 0.05) is 6.42 Å². The summed E-state index contributed by atoms with van der Waals surface area (Å²) in [5.74, 6) is 0. The van der Waals surface area contributed by atoms with Gasteiger partial charge in [0.1, 0.15) is 5.72 Å². The molecule has 0 rings (SSSR count). The second kappa shape index (κ2) is 2.84. The van der Waals surface area contributed by atoms with E-state index in [2.05, 4.69) is 6.58 Å². The number of rotatable bonds is 3. The molecule has 0 aromatic rings. The van der Waals surface area contributed by atoms with E-state index in [-0.39, 0.29) is 0 Å². The Morgan fingerprint density at radius 1 is 1.88 bits per heavy atom. The van der Waals surface area contributed by atoms with Gasteiger partial charge >= 0.3 is 0 Å². The third kappa shape index (κ3) is 2.77. The highest BCUT2D eigenvalue weighted by molar-refractivity contribution is 4.79. The summed E-state index contributed by atoms with van der Waals surface area (Å²) in [6.45, 7) is 5.29. The quantitative estimate of drug-likeness (QED) is 0.418. The maximum atomic E-state index is 9.03. The van der Waals surface area contributed by atoms with Gasteiger partial charge in [0.05, 0.1) is 0 Å². The molecule has 0 heterocycles. The van der Waals surface area contributed by atoms with Gasteiger partial charge < -0.3 is 10.8 Å². The lowest BCUT2D eigenvalue weighted by molar-refractivity contribution is 0.0462. The second-order valence-corrected chi connectivity index (χ2v) is 1.95. The van der Waals surface area contributed by atoms with E-state index in [4.69, 9.17) is 10.8 Å². The standard InChI is InChI=1S/C6H13NO/c1-3-5-6(7,8)4-2/h3,8H,1,4-5,7H2,2H3. The van der Waals surface area contributed by atoms with Crippen molar-refractivity contribution in [3.05, 3.63) is 12.7 Å². The van der Waals surface area contributed by atoms with Crippen LogP contribution in [0.15, 0.2) is 12.7 Å². The maximum absolute atomic E-state index is 9.03. The fourth-order valence-electron chi connectivity index (χ4n) is 0.394. The molecule has 0 saturated carbocycles. The first kappa shape index (κ1) is 7.66. The van der Waals surface area contributed by atoms with E-state index in [1.54, 1.807) is 6.08 Å². The van der Waals surface area contributed by atoms with Crippen LogP contribution in [0.4, 0.5) is 0 Å². The smallest absolute Gasteiger partial charge is 0.116 e. The molecule has 0 aromatic carbocycles. The van der Waals surface area contributed by atoms with Crippen molar-refractivity contribution in [2.75, 3.05) is 0 Å². The summed E-state index contributed by atoms with van der Waals surface area (Å²) in [5.41, 5.74) is 4.28. The fraction of sp³-hybridized carbons (Fsp3) is 0.667. The highest BCUT2D eigenvalue weighted by Gasteiger charge is 2.14. The van der Waals surface area contributed by atoms with Gasteiger partial charge in [-0.05, 0) is 6.42 Å². The Kier molecular flexibility index (Phi) is 2.72. The normalized spacial score (nSPS) is 17.4. The summed E-state index contributed by atoms with van der Waals surface area (Å²) in [5, 5.41) is 9.03. The van der Waals surface area contributed by atoms with Crippen LogP contribution in [-0.2, 0) is 0 Å². The molecule has 0 bridgehead atoms. The molecule has 2 heteroatoms. The molecular weight excluding hydrogens is 102 g/mol. The van der Waals surface area contributed by atoms with Gasteiger partial charge in [0.25, 0.3) is 0 Å². The molecular formula is C6H13NO. The van der Waals surface area contributed by atoms with Gasteiger partial charge in [-0.3, -0.25) is 0 Å². The minimum absolute atomic E-state index is 0.462. The molecule has 0 aromatic heterocycles. The first-order valence-corrected chi connectivity index (χ1v) is 2.74. The van der Waals surface area contributed by atoms with Crippen molar-refractivity contribution < 1.29 is 5.11 Å². The zero-order chi connectivity index (χ0) is 6.62. The summed E-state index contributed by atoms with van der Waals surface area (Å²) in [6.07, 6.45) is 2.64.